The van der Waals surface area contributed by atoms with Crippen molar-refractivity contribution in [3.8, 4) is 0 Å². The Balaban J connectivity index is 1.60. The van der Waals surface area contributed by atoms with Crippen LogP contribution in [0.5, 0.6) is 0 Å². The smallest absolute Gasteiger partial charge is 0.264 e. The third-order valence-corrected chi connectivity index (χ3v) is 7.92. The van der Waals surface area contributed by atoms with Crippen LogP contribution >= 0.6 is 0 Å². The molecule has 3 aromatic rings. The number of sulfonamides is 1. The van der Waals surface area contributed by atoms with Gasteiger partial charge in [0.25, 0.3) is 15.9 Å². The van der Waals surface area contributed by atoms with E-state index in [9.17, 15) is 26.8 Å². The number of para-hydroxylation sites is 1. The van der Waals surface area contributed by atoms with E-state index in [1.165, 1.54) is 12.1 Å². The van der Waals surface area contributed by atoms with Gasteiger partial charge in [-0.25, -0.2) is 17.2 Å². The molecule has 7 nitrogen and oxygen atoms in total. The van der Waals surface area contributed by atoms with E-state index in [0.29, 0.717) is 18.7 Å². The highest BCUT2D eigenvalue weighted by atomic mass is 32.2. The molecular weight excluding hydrogens is 500 g/mol. The zero-order valence-corrected chi connectivity index (χ0v) is 20.9. The maximum absolute atomic E-state index is 13.5. The van der Waals surface area contributed by atoms with Crippen LogP contribution in [0.25, 0.3) is 0 Å². The number of hydrogen-bond acceptors (Lipinski definition) is 4. The van der Waals surface area contributed by atoms with Crippen molar-refractivity contribution >= 4 is 33.2 Å². The first-order chi connectivity index (χ1) is 17.8. The van der Waals surface area contributed by atoms with E-state index < -0.39 is 34.1 Å². The van der Waals surface area contributed by atoms with E-state index in [2.05, 4.69) is 5.32 Å². The van der Waals surface area contributed by atoms with Crippen LogP contribution < -0.4 is 9.62 Å². The first-order valence-electron chi connectivity index (χ1n) is 12.0. The largest absolute Gasteiger partial charge is 0.339 e. The zero-order valence-electron chi connectivity index (χ0n) is 20.1. The molecule has 1 N–H and O–H groups in total. The van der Waals surface area contributed by atoms with Gasteiger partial charge in [0.05, 0.1) is 21.8 Å². The summed E-state index contributed by atoms with van der Waals surface area (Å²) in [5.74, 6) is -2.10. The number of amides is 2. The molecule has 0 radical (unpaired) electrons. The van der Waals surface area contributed by atoms with Crippen molar-refractivity contribution in [3.63, 3.8) is 0 Å². The molecule has 0 saturated carbocycles. The zero-order chi connectivity index (χ0) is 26.4. The highest BCUT2D eigenvalue weighted by molar-refractivity contribution is 7.92. The van der Waals surface area contributed by atoms with Crippen LogP contribution in [0.3, 0.4) is 0 Å². The Morgan fingerprint density at radius 3 is 2.00 bits per heavy atom. The van der Waals surface area contributed by atoms with Crippen molar-refractivity contribution in [2.24, 2.45) is 0 Å². The van der Waals surface area contributed by atoms with Gasteiger partial charge >= 0.3 is 0 Å². The fourth-order valence-electron chi connectivity index (χ4n) is 4.20. The van der Waals surface area contributed by atoms with Gasteiger partial charge in [-0.1, -0.05) is 25.0 Å². The van der Waals surface area contributed by atoms with Crippen LogP contribution in [0.4, 0.5) is 20.2 Å². The number of nitrogens with one attached hydrogen (secondary N) is 1. The molecule has 1 aliphatic rings. The normalized spacial score (nSPS) is 14.1. The molecular formula is C27H27F2N3O4S. The molecule has 0 unspecified atom stereocenters. The number of benzene rings is 3. The van der Waals surface area contributed by atoms with E-state index >= 15 is 0 Å². The van der Waals surface area contributed by atoms with Crippen molar-refractivity contribution < 1.29 is 26.8 Å². The van der Waals surface area contributed by atoms with Crippen LogP contribution in [0.2, 0.25) is 0 Å². The Kier molecular flexibility index (Phi) is 8.17. The van der Waals surface area contributed by atoms with E-state index in [1.807, 2.05) is 0 Å². The van der Waals surface area contributed by atoms with Gasteiger partial charge in [-0.05, 0) is 73.5 Å². The van der Waals surface area contributed by atoms with E-state index in [-0.39, 0.29) is 22.2 Å². The summed E-state index contributed by atoms with van der Waals surface area (Å²) in [4.78, 5) is 27.9. The molecule has 1 aliphatic heterocycles. The van der Waals surface area contributed by atoms with E-state index in [4.69, 9.17) is 0 Å². The van der Waals surface area contributed by atoms with Crippen LogP contribution in [0.1, 0.15) is 36.0 Å². The van der Waals surface area contributed by atoms with Gasteiger partial charge < -0.3 is 10.2 Å². The molecule has 0 spiro atoms. The molecule has 4 rings (SSSR count). The predicted octanol–water partition coefficient (Wildman–Crippen LogP) is 4.82. The van der Waals surface area contributed by atoms with Gasteiger partial charge in [-0.15, -0.1) is 0 Å². The minimum absolute atomic E-state index is 0.0507. The van der Waals surface area contributed by atoms with Gasteiger partial charge in [0.2, 0.25) is 5.91 Å². The first-order valence-corrected chi connectivity index (χ1v) is 13.4. The average molecular weight is 528 g/mol. The monoisotopic (exact) mass is 527 g/mol. The summed E-state index contributed by atoms with van der Waals surface area (Å²) < 4.78 is 54.6. The Morgan fingerprint density at radius 2 is 1.38 bits per heavy atom. The SMILES string of the molecule is O=C(CN(c1ccc(F)cc1)S(=O)(=O)c1ccc(F)cc1)Nc1ccccc1C(=O)N1CCCCCC1. The Hall–Kier alpha value is -3.79. The second-order valence-corrected chi connectivity index (χ2v) is 10.6. The van der Waals surface area contributed by atoms with Gasteiger partial charge in [-0.2, -0.15) is 0 Å². The van der Waals surface area contributed by atoms with Crippen LogP contribution in [0.15, 0.2) is 77.7 Å². The predicted molar refractivity (Wildman–Crippen MR) is 137 cm³/mol. The van der Waals surface area contributed by atoms with Crippen molar-refractivity contribution in [2.75, 3.05) is 29.3 Å². The molecule has 2 amide bonds. The van der Waals surface area contributed by atoms with Crippen molar-refractivity contribution in [1.29, 1.82) is 0 Å². The van der Waals surface area contributed by atoms with E-state index in [1.54, 1.807) is 29.2 Å². The first kappa shape index (κ1) is 26.3. The van der Waals surface area contributed by atoms with Crippen LogP contribution in [-0.4, -0.2) is 44.8 Å². The molecule has 0 aliphatic carbocycles. The summed E-state index contributed by atoms with van der Waals surface area (Å²) in [5, 5.41) is 2.66. The number of carbonyl (C=O) groups is 2. The topological polar surface area (TPSA) is 86.8 Å². The fourth-order valence-corrected chi connectivity index (χ4v) is 5.62. The molecule has 1 heterocycles. The molecule has 3 aromatic carbocycles. The minimum atomic E-state index is -4.31. The number of carbonyl (C=O) groups excluding carboxylic acids is 2. The summed E-state index contributed by atoms with van der Waals surface area (Å²) in [5.41, 5.74) is 0.627. The molecule has 1 fully saturated rings. The Morgan fingerprint density at radius 1 is 0.811 bits per heavy atom. The summed E-state index contributed by atoms with van der Waals surface area (Å²) in [6, 6.07) is 15.4. The highest BCUT2D eigenvalue weighted by Gasteiger charge is 2.28. The summed E-state index contributed by atoms with van der Waals surface area (Å²) >= 11 is 0. The molecule has 194 valence electrons. The number of halogens is 2. The molecule has 0 atom stereocenters. The number of likely N-dealkylation sites (tertiary alicyclic amines) is 1. The van der Waals surface area contributed by atoms with Crippen molar-refractivity contribution in [1.82, 2.24) is 4.90 Å². The van der Waals surface area contributed by atoms with Gasteiger partial charge in [0.15, 0.2) is 0 Å². The lowest BCUT2D eigenvalue weighted by Gasteiger charge is -2.25. The quantitative estimate of drug-likeness (QED) is 0.478. The van der Waals surface area contributed by atoms with Crippen molar-refractivity contribution in [3.05, 3.63) is 90.0 Å². The summed E-state index contributed by atoms with van der Waals surface area (Å²) in [6.07, 6.45) is 3.94. The average Bonchev–Trinajstić information content (AvgIpc) is 3.18. The molecule has 10 heteroatoms. The Bertz CT molecular complexity index is 1360. The van der Waals surface area contributed by atoms with Crippen LogP contribution in [-0.2, 0) is 14.8 Å². The molecule has 37 heavy (non-hydrogen) atoms. The third-order valence-electron chi connectivity index (χ3n) is 6.13. The summed E-state index contributed by atoms with van der Waals surface area (Å²) in [7, 11) is -4.31. The number of anilines is 2. The summed E-state index contributed by atoms with van der Waals surface area (Å²) in [6.45, 7) is 0.613. The van der Waals surface area contributed by atoms with E-state index in [0.717, 1.165) is 66.4 Å². The lowest BCUT2D eigenvalue weighted by molar-refractivity contribution is -0.114. The van der Waals surface area contributed by atoms with Crippen LogP contribution in [0, 0.1) is 11.6 Å². The number of hydrogen-bond donors (Lipinski definition) is 1. The minimum Gasteiger partial charge on any atom is -0.339 e. The third kappa shape index (κ3) is 6.32. The van der Waals surface area contributed by atoms with Gasteiger partial charge in [0.1, 0.15) is 18.2 Å². The lowest BCUT2D eigenvalue weighted by Crippen LogP contribution is -2.38. The second-order valence-electron chi connectivity index (χ2n) is 8.74. The Labute approximate surface area is 214 Å². The lowest BCUT2D eigenvalue weighted by atomic mass is 10.1. The van der Waals surface area contributed by atoms with Gasteiger partial charge in [0, 0.05) is 13.1 Å². The number of rotatable bonds is 7. The highest BCUT2D eigenvalue weighted by Crippen LogP contribution is 2.25. The number of nitrogens with zero attached hydrogens (tertiary/aromatic N) is 2. The molecule has 0 bridgehead atoms. The van der Waals surface area contributed by atoms with Crippen molar-refractivity contribution in [2.45, 2.75) is 30.6 Å². The fraction of sp³-hybridized carbons (Fsp3) is 0.259. The van der Waals surface area contributed by atoms with Gasteiger partial charge in [-0.3, -0.25) is 13.9 Å². The second kappa shape index (κ2) is 11.5. The maximum atomic E-state index is 13.5. The molecule has 1 saturated heterocycles. The maximum Gasteiger partial charge on any atom is 0.264 e. The molecule has 0 aromatic heterocycles. The standard InChI is InChI=1S/C27H27F2N3O4S/c28-20-9-13-22(14-10-20)32(37(35,36)23-15-11-21(29)12-16-23)19-26(33)30-25-8-4-3-7-24(25)27(34)31-17-5-1-2-6-18-31/h3-4,7-16H,1-2,5-6,17-19H2,(H,30,33).